The maximum absolute atomic E-state index is 12.3. The Hall–Kier alpha value is -2.08. The molecule has 6 nitrogen and oxygen atoms in total. The number of amides is 1. The topological polar surface area (TPSA) is 93.4 Å². The standard InChI is InChI=1S/C16H16IN3O3/c17-13-1-3-14(4-2-13)19-10-12(9-18)15(21)20-7-5-11(6-8-20)16(22)23/h1-4,10-11,19H,5-8H2,(H,22,23)/b12-10-. The highest BCUT2D eigenvalue weighted by Crippen LogP contribution is 2.19. The van der Waals surface area contributed by atoms with E-state index < -0.39 is 11.9 Å². The number of anilines is 1. The van der Waals surface area contributed by atoms with Gasteiger partial charge in [0.15, 0.2) is 0 Å². The van der Waals surface area contributed by atoms with Gasteiger partial charge in [0.2, 0.25) is 0 Å². The molecule has 1 aliphatic rings. The number of hydrogen-bond donors (Lipinski definition) is 2. The smallest absolute Gasteiger partial charge is 0.306 e. The molecule has 0 aromatic heterocycles. The SMILES string of the molecule is N#C/C(=C/Nc1ccc(I)cc1)C(=O)N1CCC(C(=O)O)CC1. The maximum Gasteiger partial charge on any atom is 0.306 e. The summed E-state index contributed by atoms with van der Waals surface area (Å²) in [7, 11) is 0. The molecule has 7 heteroatoms. The lowest BCUT2D eigenvalue weighted by Gasteiger charge is -2.29. The van der Waals surface area contributed by atoms with Crippen LogP contribution >= 0.6 is 22.6 Å². The second-order valence-electron chi connectivity index (χ2n) is 5.23. The lowest BCUT2D eigenvalue weighted by atomic mass is 9.97. The highest BCUT2D eigenvalue weighted by atomic mass is 127. The van der Waals surface area contributed by atoms with E-state index in [-0.39, 0.29) is 11.5 Å². The minimum absolute atomic E-state index is 0.0114. The molecule has 0 atom stereocenters. The molecule has 0 spiro atoms. The number of rotatable bonds is 4. The van der Waals surface area contributed by atoms with Crippen LogP contribution in [0.5, 0.6) is 0 Å². The van der Waals surface area contributed by atoms with Gasteiger partial charge in [-0.25, -0.2) is 0 Å². The molecule has 0 unspecified atom stereocenters. The van der Waals surface area contributed by atoms with Gasteiger partial charge >= 0.3 is 5.97 Å². The number of carbonyl (C=O) groups excluding carboxylic acids is 1. The molecule has 0 radical (unpaired) electrons. The van der Waals surface area contributed by atoms with E-state index in [0.29, 0.717) is 25.9 Å². The number of aliphatic carboxylic acids is 1. The van der Waals surface area contributed by atoms with Gasteiger partial charge in [-0.3, -0.25) is 9.59 Å². The molecule has 1 heterocycles. The molecule has 0 aliphatic carbocycles. The summed E-state index contributed by atoms with van der Waals surface area (Å²) in [5, 5.41) is 21.1. The van der Waals surface area contributed by atoms with Crippen LogP contribution in [-0.2, 0) is 9.59 Å². The fourth-order valence-corrected chi connectivity index (χ4v) is 2.70. The van der Waals surface area contributed by atoms with Crippen LogP contribution in [0.2, 0.25) is 0 Å². The predicted molar refractivity (Wildman–Crippen MR) is 93.4 cm³/mol. The van der Waals surface area contributed by atoms with Crippen molar-refractivity contribution in [2.45, 2.75) is 12.8 Å². The van der Waals surface area contributed by atoms with E-state index in [2.05, 4.69) is 27.9 Å². The first-order chi connectivity index (χ1) is 11.0. The normalized spacial score (nSPS) is 15.8. The largest absolute Gasteiger partial charge is 0.481 e. The lowest BCUT2D eigenvalue weighted by Crippen LogP contribution is -2.40. The Morgan fingerprint density at radius 1 is 1.30 bits per heavy atom. The highest BCUT2D eigenvalue weighted by molar-refractivity contribution is 14.1. The van der Waals surface area contributed by atoms with Crippen molar-refractivity contribution in [2.75, 3.05) is 18.4 Å². The van der Waals surface area contributed by atoms with Crippen molar-refractivity contribution in [3.05, 3.63) is 39.6 Å². The molecule has 120 valence electrons. The number of carboxylic acid groups (broad SMARTS) is 1. The van der Waals surface area contributed by atoms with E-state index in [1.807, 2.05) is 30.3 Å². The Balaban J connectivity index is 1.99. The molecule has 1 aromatic rings. The number of carbonyl (C=O) groups is 2. The summed E-state index contributed by atoms with van der Waals surface area (Å²) in [6.07, 6.45) is 2.24. The monoisotopic (exact) mass is 425 g/mol. The van der Waals surface area contributed by atoms with Crippen LogP contribution in [0, 0.1) is 20.8 Å². The predicted octanol–water partition coefficient (Wildman–Crippen LogP) is 2.43. The van der Waals surface area contributed by atoms with E-state index in [1.54, 1.807) is 0 Å². The number of nitrogens with zero attached hydrogens (tertiary/aromatic N) is 2. The molecule has 1 aromatic carbocycles. The summed E-state index contributed by atoms with van der Waals surface area (Å²) in [4.78, 5) is 24.8. The fourth-order valence-electron chi connectivity index (χ4n) is 2.34. The molecule has 0 saturated carbocycles. The van der Waals surface area contributed by atoms with E-state index in [4.69, 9.17) is 5.11 Å². The average Bonchev–Trinajstić information content (AvgIpc) is 2.57. The van der Waals surface area contributed by atoms with Crippen LogP contribution in [0.25, 0.3) is 0 Å². The quantitative estimate of drug-likeness (QED) is 0.439. The van der Waals surface area contributed by atoms with Crippen LogP contribution in [0.15, 0.2) is 36.0 Å². The molecule has 2 N–H and O–H groups in total. The van der Waals surface area contributed by atoms with Gasteiger partial charge in [-0.1, -0.05) is 0 Å². The zero-order valence-corrected chi connectivity index (χ0v) is 14.5. The van der Waals surface area contributed by atoms with Gasteiger partial charge in [0, 0.05) is 28.5 Å². The van der Waals surface area contributed by atoms with Crippen molar-refractivity contribution >= 4 is 40.2 Å². The minimum Gasteiger partial charge on any atom is -0.481 e. The fraction of sp³-hybridized carbons (Fsp3) is 0.312. The van der Waals surface area contributed by atoms with Gasteiger partial charge in [-0.2, -0.15) is 5.26 Å². The molecular formula is C16H16IN3O3. The lowest BCUT2D eigenvalue weighted by molar-refractivity contribution is -0.145. The molecule has 1 aliphatic heterocycles. The van der Waals surface area contributed by atoms with Crippen molar-refractivity contribution < 1.29 is 14.7 Å². The number of benzene rings is 1. The second kappa shape index (κ2) is 7.97. The molecule has 2 rings (SSSR count). The van der Waals surface area contributed by atoms with Crippen molar-refractivity contribution in [1.29, 1.82) is 5.26 Å². The summed E-state index contributed by atoms with van der Waals surface area (Å²) in [5.41, 5.74) is 0.799. The molecule has 23 heavy (non-hydrogen) atoms. The summed E-state index contributed by atoms with van der Waals surface area (Å²) < 4.78 is 1.09. The maximum atomic E-state index is 12.3. The van der Waals surface area contributed by atoms with Crippen LogP contribution in [0.4, 0.5) is 5.69 Å². The second-order valence-corrected chi connectivity index (χ2v) is 6.47. The first-order valence-corrected chi connectivity index (χ1v) is 8.23. The van der Waals surface area contributed by atoms with Gasteiger partial charge in [0.05, 0.1) is 5.92 Å². The number of piperidine rings is 1. The number of halogens is 1. The van der Waals surface area contributed by atoms with Crippen molar-refractivity contribution in [3.8, 4) is 6.07 Å². The van der Waals surface area contributed by atoms with Gasteiger partial charge in [0.25, 0.3) is 5.91 Å². The van der Waals surface area contributed by atoms with Crippen LogP contribution in [0.1, 0.15) is 12.8 Å². The average molecular weight is 425 g/mol. The number of likely N-dealkylation sites (tertiary alicyclic amines) is 1. The number of hydrogen-bond acceptors (Lipinski definition) is 4. The van der Waals surface area contributed by atoms with Crippen molar-refractivity contribution in [1.82, 2.24) is 4.90 Å². The van der Waals surface area contributed by atoms with E-state index in [1.165, 1.54) is 11.1 Å². The van der Waals surface area contributed by atoms with Gasteiger partial charge in [-0.05, 0) is 59.7 Å². The van der Waals surface area contributed by atoms with Crippen molar-refractivity contribution in [3.63, 3.8) is 0 Å². The zero-order chi connectivity index (χ0) is 16.8. The highest BCUT2D eigenvalue weighted by Gasteiger charge is 2.28. The van der Waals surface area contributed by atoms with Gasteiger partial charge in [0.1, 0.15) is 11.6 Å². The third-order valence-electron chi connectivity index (χ3n) is 3.71. The minimum atomic E-state index is -0.825. The number of nitriles is 1. The first-order valence-electron chi connectivity index (χ1n) is 7.15. The van der Waals surface area contributed by atoms with E-state index >= 15 is 0 Å². The summed E-state index contributed by atoms with van der Waals surface area (Å²) in [6.45, 7) is 0.719. The van der Waals surface area contributed by atoms with Crippen LogP contribution < -0.4 is 5.32 Å². The summed E-state index contributed by atoms with van der Waals surface area (Å²) in [6, 6.07) is 9.45. The third kappa shape index (κ3) is 4.69. The first kappa shape index (κ1) is 17.3. The Kier molecular flexibility index (Phi) is 5.98. The van der Waals surface area contributed by atoms with Gasteiger partial charge < -0.3 is 15.3 Å². The zero-order valence-electron chi connectivity index (χ0n) is 12.3. The van der Waals surface area contributed by atoms with Crippen LogP contribution in [0.3, 0.4) is 0 Å². The number of nitrogens with one attached hydrogen (secondary N) is 1. The Labute approximate surface area is 147 Å². The molecule has 1 amide bonds. The van der Waals surface area contributed by atoms with Crippen molar-refractivity contribution in [2.24, 2.45) is 5.92 Å². The Morgan fingerprint density at radius 2 is 1.91 bits per heavy atom. The Morgan fingerprint density at radius 3 is 2.43 bits per heavy atom. The summed E-state index contributed by atoms with van der Waals surface area (Å²) in [5.74, 6) is -1.60. The molecule has 1 saturated heterocycles. The Bertz CT molecular complexity index is 656. The van der Waals surface area contributed by atoms with Crippen LogP contribution in [-0.4, -0.2) is 35.0 Å². The molecule has 1 fully saturated rings. The third-order valence-corrected chi connectivity index (χ3v) is 4.43. The number of carboxylic acids is 1. The summed E-state index contributed by atoms with van der Waals surface area (Å²) >= 11 is 2.19. The van der Waals surface area contributed by atoms with E-state index in [0.717, 1.165) is 9.26 Å². The molecule has 0 bridgehead atoms. The van der Waals surface area contributed by atoms with Gasteiger partial charge in [-0.15, -0.1) is 0 Å². The molecular weight excluding hydrogens is 409 g/mol. The van der Waals surface area contributed by atoms with E-state index in [9.17, 15) is 14.9 Å².